The standard InChI is InChI=1S/C27H29NO5/c1-20(24(26(29)31-2)27(30)32-3)25(22-15-9-5-10-16-22)33-28(23-17-11-6-12-18-23)19-21-13-7-4-8-14-21/h4-18,20,24-25H,19H2,1-3H3/p+1. The summed E-state index contributed by atoms with van der Waals surface area (Å²) in [5.41, 5.74) is 2.87. The Morgan fingerprint density at radius 1 is 0.758 bits per heavy atom. The predicted molar refractivity (Wildman–Crippen MR) is 124 cm³/mol. The van der Waals surface area contributed by atoms with Crippen molar-refractivity contribution in [1.82, 2.24) is 0 Å². The third-order valence-electron chi connectivity index (χ3n) is 5.61. The molecular formula is C27H30NO5+. The second-order valence-corrected chi connectivity index (χ2v) is 7.78. The van der Waals surface area contributed by atoms with Gasteiger partial charge in [-0.05, 0) is 5.56 Å². The van der Waals surface area contributed by atoms with Crippen molar-refractivity contribution >= 4 is 17.6 Å². The largest absolute Gasteiger partial charge is 0.468 e. The predicted octanol–water partition coefficient (Wildman–Crippen LogP) is 3.67. The van der Waals surface area contributed by atoms with Gasteiger partial charge in [0.2, 0.25) is 0 Å². The molecule has 6 nitrogen and oxygen atoms in total. The molecule has 6 heteroatoms. The molecule has 0 amide bonds. The first-order valence-electron chi connectivity index (χ1n) is 10.9. The van der Waals surface area contributed by atoms with Crippen LogP contribution in [0.5, 0.6) is 0 Å². The number of para-hydroxylation sites is 1. The van der Waals surface area contributed by atoms with Crippen LogP contribution in [0, 0.1) is 11.8 Å². The van der Waals surface area contributed by atoms with Crippen LogP contribution in [0.1, 0.15) is 24.2 Å². The van der Waals surface area contributed by atoms with Gasteiger partial charge in [0.15, 0.2) is 11.6 Å². The molecule has 0 saturated heterocycles. The molecule has 0 spiro atoms. The van der Waals surface area contributed by atoms with Crippen molar-refractivity contribution in [2.75, 3.05) is 14.2 Å². The molecular weight excluding hydrogens is 418 g/mol. The Labute approximate surface area is 194 Å². The van der Waals surface area contributed by atoms with E-state index in [0.29, 0.717) is 6.54 Å². The number of carbonyl (C=O) groups excluding carboxylic acids is 2. The number of hydroxylamine groups is 1. The van der Waals surface area contributed by atoms with Crippen molar-refractivity contribution in [3.63, 3.8) is 0 Å². The van der Waals surface area contributed by atoms with Crippen molar-refractivity contribution in [1.29, 1.82) is 0 Å². The van der Waals surface area contributed by atoms with Crippen molar-refractivity contribution in [2.24, 2.45) is 11.8 Å². The molecule has 0 aliphatic rings. The number of carbonyl (C=O) groups is 2. The fourth-order valence-corrected chi connectivity index (χ4v) is 3.85. The molecule has 0 aliphatic carbocycles. The van der Waals surface area contributed by atoms with Gasteiger partial charge in [-0.25, -0.2) is 0 Å². The van der Waals surface area contributed by atoms with Crippen LogP contribution in [0.4, 0.5) is 5.69 Å². The van der Waals surface area contributed by atoms with Crippen molar-refractivity contribution in [3.8, 4) is 0 Å². The lowest BCUT2D eigenvalue weighted by Gasteiger charge is -2.30. The second-order valence-electron chi connectivity index (χ2n) is 7.78. The maximum atomic E-state index is 12.6. The van der Waals surface area contributed by atoms with Gasteiger partial charge in [0.1, 0.15) is 12.6 Å². The summed E-state index contributed by atoms with van der Waals surface area (Å²) in [4.78, 5) is 31.8. The van der Waals surface area contributed by atoms with Gasteiger partial charge in [-0.1, -0.05) is 85.8 Å². The van der Waals surface area contributed by atoms with E-state index in [0.717, 1.165) is 21.9 Å². The number of rotatable bonds is 10. The molecule has 172 valence electrons. The van der Waals surface area contributed by atoms with Gasteiger partial charge < -0.3 is 9.47 Å². The smallest absolute Gasteiger partial charge is 0.320 e. The van der Waals surface area contributed by atoms with Gasteiger partial charge in [0.05, 0.1) is 14.2 Å². The van der Waals surface area contributed by atoms with Crippen molar-refractivity contribution in [3.05, 3.63) is 102 Å². The van der Waals surface area contributed by atoms with E-state index in [9.17, 15) is 9.59 Å². The second kappa shape index (κ2) is 11.9. The maximum Gasteiger partial charge on any atom is 0.320 e. The van der Waals surface area contributed by atoms with Crippen LogP contribution in [0.25, 0.3) is 0 Å². The summed E-state index contributed by atoms with van der Waals surface area (Å²) < 4.78 is 9.85. The van der Waals surface area contributed by atoms with Gasteiger partial charge >= 0.3 is 11.9 Å². The average Bonchev–Trinajstić information content (AvgIpc) is 2.87. The number of benzene rings is 3. The van der Waals surface area contributed by atoms with E-state index in [4.69, 9.17) is 14.3 Å². The summed E-state index contributed by atoms with van der Waals surface area (Å²) in [6, 6.07) is 29.4. The third-order valence-corrected chi connectivity index (χ3v) is 5.61. The summed E-state index contributed by atoms with van der Waals surface area (Å²) >= 11 is 0. The summed E-state index contributed by atoms with van der Waals surface area (Å²) in [6.45, 7) is 2.36. The first kappa shape index (κ1) is 24.2. The molecule has 0 aromatic heterocycles. The highest BCUT2D eigenvalue weighted by Gasteiger charge is 2.42. The minimum absolute atomic E-state index is 0.554. The maximum absolute atomic E-state index is 12.6. The highest BCUT2D eigenvalue weighted by atomic mass is 16.7. The molecule has 0 bridgehead atoms. The zero-order valence-corrected chi connectivity index (χ0v) is 19.1. The molecule has 1 N–H and O–H groups in total. The Bertz CT molecular complexity index is 994. The molecule has 0 fully saturated rings. The normalized spacial score (nSPS) is 13.7. The summed E-state index contributed by atoms with van der Waals surface area (Å²) in [5.74, 6) is -2.98. The Morgan fingerprint density at radius 3 is 1.76 bits per heavy atom. The topological polar surface area (TPSA) is 66.3 Å². The Hall–Kier alpha value is -3.48. The summed E-state index contributed by atoms with van der Waals surface area (Å²) in [7, 11) is 2.53. The summed E-state index contributed by atoms with van der Waals surface area (Å²) in [6.07, 6.45) is -0.590. The van der Waals surface area contributed by atoms with E-state index < -0.39 is 29.9 Å². The minimum atomic E-state index is -1.13. The molecule has 0 saturated carbocycles. The number of methoxy groups -OCH3 is 2. The van der Waals surface area contributed by atoms with Crippen molar-refractivity contribution in [2.45, 2.75) is 19.6 Å². The lowest BCUT2D eigenvalue weighted by atomic mass is 9.85. The first-order chi connectivity index (χ1) is 16.0. The number of hydrogen-bond acceptors (Lipinski definition) is 5. The van der Waals surface area contributed by atoms with Crippen LogP contribution in [0.3, 0.4) is 0 Å². The van der Waals surface area contributed by atoms with E-state index in [1.165, 1.54) is 14.2 Å². The Kier molecular flexibility index (Phi) is 8.75. The lowest BCUT2D eigenvalue weighted by Crippen LogP contribution is -3.05. The fourth-order valence-electron chi connectivity index (χ4n) is 3.85. The van der Waals surface area contributed by atoms with Gasteiger partial charge in [-0.3, -0.25) is 9.59 Å². The van der Waals surface area contributed by atoms with Gasteiger partial charge in [-0.15, -0.1) is 0 Å². The van der Waals surface area contributed by atoms with Crippen molar-refractivity contribution < 1.29 is 29.0 Å². The first-order valence-corrected chi connectivity index (χ1v) is 10.9. The fraction of sp³-hybridized carbons (Fsp3) is 0.259. The molecule has 0 radical (unpaired) electrons. The molecule has 0 heterocycles. The van der Waals surface area contributed by atoms with E-state index in [2.05, 4.69) is 0 Å². The zero-order valence-electron chi connectivity index (χ0n) is 19.1. The van der Waals surface area contributed by atoms with Crippen LogP contribution in [0.15, 0.2) is 91.0 Å². The third kappa shape index (κ3) is 6.28. The van der Waals surface area contributed by atoms with Crippen LogP contribution >= 0.6 is 0 Å². The molecule has 3 aromatic carbocycles. The average molecular weight is 449 g/mol. The molecule has 0 aliphatic heterocycles. The van der Waals surface area contributed by atoms with Crippen LogP contribution in [0.2, 0.25) is 0 Å². The highest BCUT2D eigenvalue weighted by Crippen LogP contribution is 2.32. The highest BCUT2D eigenvalue weighted by molar-refractivity contribution is 5.95. The number of quaternary nitrogens is 1. The zero-order chi connectivity index (χ0) is 23.6. The molecule has 3 unspecified atom stereocenters. The van der Waals surface area contributed by atoms with E-state index in [1.807, 2.05) is 91.0 Å². The number of nitrogens with one attached hydrogen (secondary N) is 1. The Balaban J connectivity index is 2.01. The SMILES string of the molecule is COC(=O)C(C(=O)OC)C(C)C(O[NH+](Cc1ccccc1)c1ccccc1)c1ccccc1. The monoisotopic (exact) mass is 448 g/mol. The molecule has 3 atom stereocenters. The van der Waals surface area contributed by atoms with E-state index in [-0.39, 0.29) is 0 Å². The molecule has 3 rings (SSSR count). The van der Waals surface area contributed by atoms with Gasteiger partial charge in [0, 0.05) is 23.6 Å². The minimum Gasteiger partial charge on any atom is -0.468 e. The van der Waals surface area contributed by atoms with Crippen LogP contribution < -0.4 is 5.06 Å². The Morgan fingerprint density at radius 2 is 1.24 bits per heavy atom. The lowest BCUT2D eigenvalue weighted by molar-refractivity contribution is -1.06. The van der Waals surface area contributed by atoms with Crippen LogP contribution in [-0.4, -0.2) is 26.2 Å². The van der Waals surface area contributed by atoms with E-state index in [1.54, 1.807) is 6.92 Å². The van der Waals surface area contributed by atoms with E-state index >= 15 is 0 Å². The summed E-state index contributed by atoms with van der Waals surface area (Å²) in [5, 5.41) is 0.746. The van der Waals surface area contributed by atoms with Crippen LogP contribution in [-0.2, 0) is 30.4 Å². The quantitative estimate of drug-likeness (QED) is 0.291. The number of hydrogen-bond donors (Lipinski definition) is 1. The van der Waals surface area contributed by atoms with Gasteiger partial charge in [0.25, 0.3) is 0 Å². The molecule has 33 heavy (non-hydrogen) atoms. The van der Waals surface area contributed by atoms with Gasteiger partial charge in [-0.2, -0.15) is 9.90 Å². The number of esters is 2. The molecule has 3 aromatic rings. The number of ether oxygens (including phenoxy) is 2.